The first-order valence-electron chi connectivity index (χ1n) is 8.04. The highest BCUT2D eigenvalue weighted by Crippen LogP contribution is 2.15. The molecular formula is C20H22N2O2. The first kappa shape index (κ1) is 17.5. The molecule has 2 aromatic rings. The molecule has 2 amide bonds. The van der Waals surface area contributed by atoms with Gasteiger partial charge in [-0.05, 0) is 37.1 Å². The summed E-state index contributed by atoms with van der Waals surface area (Å²) in [6.07, 6.45) is 4.04. The lowest BCUT2D eigenvalue weighted by Gasteiger charge is -2.14. The van der Waals surface area contributed by atoms with Gasteiger partial charge in [0.1, 0.15) is 0 Å². The Morgan fingerprint density at radius 1 is 1.04 bits per heavy atom. The van der Waals surface area contributed by atoms with Crippen molar-refractivity contribution in [1.82, 2.24) is 5.32 Å². The molecule has 0 aromatic heterocycles. The van der Waals surface area contributed by atoms with E-state index in [1.807, 2.05) is 44.2 Å². The van der Waals surface area contributed by atoms with Crippen molar-refractivity contribution in [2.24, 2.45) is 0 Å². The smallest absolute Gasteiger partial charge is 0.253 e. The number of anilines is 1. The topological polar surface area (TPSA) is 58.2 Å². The van der Waals surface area contributed by atoms with Crippen LogP contribution in [0.1, 0.15) is 36.2 Å². The van der Waals surface area contributed by atoms with Gasteiger partial charge >= 0.3 is 0 Å². The molecule has 24 heavy (non-hydrogen) atoms. The summed E-state index contributed by atoms with van der Waals surface area (Å²) in [7, 11) is 0. The van der Waals surface area contributed by atoms with Gasteiger partial charge in [-0.15, -0.1) is 0 Å². The zero-order valence-electron chi connectivity index (χ0n) is 14.0. The number of carbonyl (C=O) groups is 2. The van der Waals surface area contributed by atoms with Crippen molar-refractivity contribution in [2.75, 3.05) is 5.32 Å². The molecule has 0 radical (unpaired) electrons. The lowest BCUT2D eigenvalue weighted by molar-refractivity contribution is -0.111. The molecule has 0 saturated heterocycles. The van der Waals surface area contributed by atoms with Gasteiger partial charge in [-0.3, -0.25) is 9.59 Å². The Kier molecular flexibility index (Phi) is 6.32. The first-order chi connectivity index (χ1) is 11.6. The molecule has 4 heteroatoms. The maximum absolute atomic E-state index is 12.3. The standard InChI is InChI=1S/C20H22N2O2/c1-3-15(2)21-20(24)17-11-7-8-12-18(17)22-19(23)14-13-16-9-5-4-6-10-16/h4-15H,3H2,1-2H3,(H,21,24)(H,22,23)/b14-13+. The molecule has 2 aromatic carbocycles. The Morgan fingerprint density at radius 2 is 1.71 bits per heavy atom. The second-order valence-corrected chi connectivity index (χ2v) is 5.56. The third kappa shape index (κ3) is 5.09. The van der Waals surface area contributed by atoms with Crippen LogP contribution in [-0.4, -0.2) is 17.9 Å². The predicted molar refractivity (Wildman–Crippen MR) is 97.8 cm³/mol. The number of hydrogen-bond acceptors (Lipinski definition) is 2. The van der Waals surface area contributed by atoms with Crippen molar-refractivity contribution >= 4 is 23.6 Å². The number of para-hydroxylation sites is 1. The fourth-order valence-electron chi connectivity index (χ4n) is 2.10. The Bertz CT molecular complexity index is 723. The molecule has 0 heterocycles. The van der Waals surface area contributed by atoms with E-state index < -0.39 is 0 Å². The molecule has 0 spiro atoms. The second kappa shape index (κ2) is 8.67. The van der Waals surface area contributed by atoms with Crippen molar-refractivity contribution in [2.45, 2.75) is 26.3 Å². The van der Waals surface area contributed by atoms with Crippen LogP contribution in [0.15, 0.2) is 60.7 Å². The van der Waals surface area contributed by atoms with Gasteiger partial charge in [0, 0.05) is 12.1 Å². The van der Waals surface area contributed by atoms with Crippen LogP contribution in [0, 0.1) is 0 Å². The molecule has 2 N–H and O–H groups in total. The number of rotatable bonds is 6. The molecule has 0 fully saturated rings. The van der Waals surface area contributed by atoms with Crippen molar-refractivity contribution < 1.29 is 9.59 Å². The third-order valence-corrected chi connectivity index (χ3v) is 3.65. The second-order valence-electron chi connectivity index (χ2n) is 5.56. The molecule has 0 aliphatic carbocycles. The van der Waals surface area contributed by atoms with Gasteiger partial charge in [0.15, 0.2) is 0 Å². The zero-order valence-corrected chi connectivity index (χ0v) is 14.0. The van der Waals surface area contributed by atoms with E-state index >= 15 is 0 Å². The minimum Gasteiger partial charge on any atom is -0.350 e. The van der Waals surface area contributed by atoms with Gasteiger partial charge in [0.2, 0.25) is 5.91 Å². The van der Waals surface area contributed by atoms with Crippen LogP contribution in [0.3, 0.4) is 0 Å². The molecule has 0 aliphatic heterocycles. The molecule has 4 nitrogen and oxygen atoms in total. The summed E-state index contributed by atoms with van der Waals surface area (Å²) in [6.45, 7) is 3.95. The van der Waals surface area contributed by atoms with E-state index in [-0.39, 0.29) is 17.9 Å². The molecule has 0 saturated carbocycles. The quantitative estimate of drug-likeness (QED) is 0.793. The maximum Gasteiger partial charge on any atom is 0.253 e. The number of amides is 2. The summed E-state index contributed by atoms with van der Waals surface area (Å²) in [6, 6.07) is 16.6. The minimum absolute atomic E-state index is 0.0826. The first-order valence-corrected chi connectivity index (χ1v) is 8.04. The van der Waals surface area contributed by atoms with Crippen molar-refractivity contribution in [3.8, 4) is 0 Å². The summed E-state index contributed by atoms with van der Waals surface area (Å²) >= 11 is 0. The van der Waals surface area contributed by atoms with Gasteiger partial charge in [0.25, 0.3) is 5.91 Å². The van der Waals surface area contributed by atoms with Crippen LogP contribution >= 0.6 is 0 Å². The van der Waals surface area contributed by atoms with Crippen molar-refractivity contribution in [3.63, 3.8) is 0 Å². The number of nitrogens with one attached hydrogen (secondary N) is 2. The Morgan fingerprint density at radius 3 is 2.42 bits per heavy atom. The van der Waals surface area contributed by atoms with E-state index in [1.165, 1.54) is 6.08 Å². The van der Waals surface area contributed by atoms with Crippen LogP contribution in [-0.2, 0) is 4.79 Å². The maximum atomic E-state index is 12.3. The molecule has 1 atom stereocenters. The van der Waals surface area contributed by atoms with Crippen LogP contribution in [0.2, 0.25) is 0 Å². The summed E-state index contributed by atoms with van der Waals surface area (Å²) in [5.41, 5.74) is 1.90. The lowest BCUT2D eigenvalue weighted by atomic mass is 10.1. The van der Waals surface area contributed by atoms with Crippen LogP contribution in [0.5, 0.6) is 0 Å². The van der Waals surface area contributed by atoms with Gasteiger partial charge in [-0.2, -0.15) is 0 Å². The SMILES string of the molecule is CCC(C)NC(=O)c1ccccc1NC(=O)/C=C/c1ccccc1. The van der Waals surface area contributed by atoms with E-state index in [0.29, 0.717) is 11.3 Å². The number of hydrogen-bond donors (Lipinski definition) is 2. The molecule has 0 aliphatic rings. The van der Waals surface area contributed by atoms with Gasteiger partial charge < -0.3 is 10.6 Å². The molecule has 2 rings (SSSR count). The molecule has 1 unspecified atom stereocenters. The average Bonchev–Trinajstić information content (AvgIpc) is 2.61. The third-order valence-electron chi connectivity index (χ3n) is 3.65. The normalized spacial score (nSPS) is 11.9. The van der Waals surface area contributed by atoms with Crippen LogP contribution < -0.4 is 10.6 Å². The van der Waals surface area contributed by atoms with Gasteiger partial charge in [0.05, 0.1) is 11.3 Å². The van der Waals surface area contributed by atoms with Crippen LogP contribution in [0.25, 0.3) is 6.08 Å². The predicted octanol–water partition coefficient (Wildman–Crippen LogP) is 3.87. The van der Waals surface area contributed by atoms with E-state index in [9.17, 15) is 9.59 Å². The molecule has 0 bridgehead atoms. The highest BCUT2D eigenvalue weighted by Gasteiger charge is 2.13. The number of benzene rings is 2. The van der Waals surface area contributed by atoms with Gasteiger partial charge in [-0.25, -0.2) is 0 Å². The highest BCUT2D eigenvalue weighted by atomic mass is 16.2. The van der Waals surface area contributed by atoms with Crippen molar-refractivity contribution in [1.29, 1.82) is 0 Å². The van der Waals surface area contributed by atoms with E-state index in [0.717, 1.165) is 12.0 Å². The summed E-state index contributed by atoms with van der Waals surface area (Å²) in [4.78, 5) is 24.4. The van der Waals surface area contributed by atoms with Gasteiger partial charge in [-0.1, -0.05) is 49.4 Å². The van der Waals surface area contributed by atoms with E-state index in [2.05, 4.69) is 10.6 Å². The minimum atomic E-state index is -0.275. The largest absolute Gasteiger partial charge is 0.350 e. The summed E-state index contributed by atoms with van der Waals surface area (Å²) in [5.74, 6) is -0.463. The molecule has 124 valence electrons. The Hall–Kier alpha value is -2.88. The Balaban J connectivity index is 2.08. The molecular weight excluding hydrogens is 300 g/mol. The van der Waals surface area contributed by atoms with Crippen molar-refractivity contribution in [3.05, 3.63) is 71.8 Å². The van der Waals surface area contributed by atoms with E-state index in [1.54, 1.807) is 30.3 Å². The van der Waals surface area contributed by atoms with Crippen LogP contribution in [0.4, 0.5) is 5.69 Å². The highest BCUT2D eigenvalue weighted by molar-refractivity contribution is 6.07. The zero-order chi connectivity index (χ0) is 17.4. The van der Waals surface area contributed by atoms with E-state index in [4.69, 9.17) is 0 Å². The number of carbonyl (C=O) groups excluding carboxylic acids is 2. The lowest BCUT2D eigenvalue weighted by Crippen LogP contribution is -2.32. The monoisotopic (exact) mass is 322 g/mol. The average molecular weight is 322 g/mol. The Labute approximate surface area is 142 Å². The summed E-state index contributed by atoms with van der Waals surface area (Å²) in [5, 5.41) is 5.68. The fraction of sp³-hybridized carbons (Fsp3) is 0.200. The fourth-order valence-corrected chi connectivity index (χ4v) is 2.10. The summed E-state index contributed by atoms with van der Waals surface area (Å²) < 4.78 is 0.